The summed E-state index contributed by atoms with van der Waals surface area (Å²) in [6.45, 7) is 2.29. The topological polar surface area (TPSA) is 35.5 Å². The highest BCUT2D eigenvalue weighted by Crippen LogP contribution is 2.71. The number of carbonyl (C=O) groups excluding carboxylic acids is 1. The molecule has 0 aliphatic heterocycles. The number of allylic oxidation sites excluding steroid dienone is 1. The van der Waals surface area contributed by atoms with Gasteiger partial charge in [0.2, 0.25) is 0 Å². The van der Waals surface area contributed by atoms with Crippen molar-refractivity contribution in [2.45, 2.75) is 25.9 Å². The first-order chi connectivity index (χ1) is 12.0. The molecule has 1 aromatic rings. The lowest BCUT2D eigenvalue weighted by molar-refractivity contribution is -0.145. The van der Waals surface area contributed by atoms with Crippen LogP contribution >= 0.6 is 23.2 Å². The predicted octanol–water partition coefficient (Wildman–Crippen LogP) is 4.78. The molecular weight excluding hydrogens is 399 g/mol. The normalized spacial score (nSPS) is 23.5. The van der Waals surface area contributed by atoms with E-state index in [-0.39, 0.29) is 4.49 Å². The largest absolute Gasteiger partial charge is 0.468 e. The number of carbonyl (C=O) groups is 1. The first-order valence-electron chi connectivity index (χ1n) is 7.45. The van der Waals surface area contributed by atoms with Crippen LogP contribution in [0, 0.1) is 34.6 Å². The summed E-state index contributed by atoms with van der Waals surface area (Å²) in [5, 5.41) is 0. The fourth-order valence-corrected chi connectivity index (χ4v) is 3.94. The van der Waals surface area contributed by atoms with Crippen LogP contribution in [0.4, 0.5) is 17.6 Å². The summed E-state index contributed by atoms with van der Waals surface area (Å²) in [4.78, 5) is 12.5. The molecule has 2 atom stereocenters. The molecule has 0 amide bonds. The molecule has 26 heavy (non-hydrogen) atoms. The van der Waals surface area contributed by atoms with Crippen molar-refractivity contribution in [2.24, 2.45) is 11.3 Å². The molecule has 1 aliphatic carbocycles. The van der Waals surface area contributed by atoms with Gasteiger partial charge in [0.1, 0.15) is 9.91 Å². The lowest BCUT2D eigenvalue weighted by atomic mass is 9.85. The molecule has 0 N–H and O–H groups in total. The number of halogens is 6. The van der Waals surface area contributed by atoms with Crippen LogP contribution in [0.15, 0.2) is 10.6 Å². The van der Waals surface area contributed by atoms with Crippen molar-refractivity contribution >= 4 is 29.2 Å². The van der Waals surface area contributed by atoms with Crippen molar-refractivity contribution in [3.8, 4) is 0 Å². The van der Waals surface area contributed by atoms with E-state index in [1.54, 1.807) is 0 Å². The molecule has 9 heteroatoms. The maximum atomic E-state index is 14.8. The Bertz CT molecular complexity index is 762. The lowest BCUT2D eigenvalue weighted by Gasteiger charge is -2.21. The predicted molar refractivity (Wildman–Crippen MR) is 87.7 cm³/mol. The summed E-state index contributed by atoms with van der Waals surface area (Å²) >= 11 is 11.3. The van der Waals surface area contributed by atoms with Gasteiger partial charge in [-0.25, -0.2) is 17.6 Å². The Morgan fingerprint density at radius 1 is 1.08 bits per heavy atom. The van der Waals surface area contributed by atoms with Gasteiger partial charge in [0.25, 0.3) is 0 Å². The molecule has 0 aromatic heterocycles. The van der Waals surface area contributed by atoms with Crippen molar-refractivity contribution in [1.29, 1.82) is 0 Å². The van der Waals surface area contributed by atoms with E-state index in [4.69, 9.17) is 23.2 Å². The van der Waals surface area contributed by atoms with Crippen LogP contribution in [0.5, 0.6) is 0 Å². The van der Waals surface area contributed by atoms with Crippen LogP contribution in [0.25, 0.3) is 0 Å². The summed E-state index contributed by atoms with van der Waals surface area (Å²) in [5.74, 6) is -8.64. The second-order valence-electron chi connectivity index (χ2n) is 6.50. The summed E-state index contributed by atoms with van der Waals surface area (Å²) < 4.78 is 67.3. The van der Waals surface area contributed by atoms with Crippen LogP contribution in [0.3, 0.4) is 0 Å². The number of hydrogen-bond donors (Lipinski definition) is 0. The van der Waals surface area contributed by atoms with E-state index >= 15 is 0 Å². The monoisotopic (exact) mass is 414 g/mol. The summed E-state index contributed by atoms with van der Waals surface area (Å²) in [7, 11) is 2.12. The molecule has 1 saturated carbocycles. The van der Waals surface area contributed by atoms with Crippen LogP contribution in [0.1, 0.15) is 25.0 Å². The van der Waals surface area contributed by atoms with Gasteiger partial charge in [-0.2, -0.15) is 0 Å². The summed E-state index contributed by atoms with van der Waals surface area (Å²) in [6.07, 6.45) is 1.19. The van der Waals surface area contributed by atoms with Gasteiger partial charge in [0.15, 0.2) is 23.3 Å². The van der Waals surface area contributed by atoms with Crippen molar-refractivity contribution in [2.75, 3.05) is 14.2 Å². The van der Waals surface area contributed by atoms with E-state index in [9.17, 15) is 22.4 Å². The maximum Gasteiger partial charge on any atom is 0.317 e. The lowest BCUT2D eigenvalue weighted by Crippen LogP contribution is -2.32. The summed E-state index contributed by atoms with van der Waals surface area (Å²) in [6, 6.07) is 0. The molecule has 0 saturated heterocycles. The van der Waals surface area contributed by atoms with Gasteiger partial charge in [-0.05, 0) is 11.5 Å². The first-order valence-corrected chi connectivity index (χ1v) is 8.21. The highest BCUT2D eigenvalue weighted by Gasteiger charge is 2.78. The van der Waals surface area contributed by atoms with Gasteiger partial charge in [-0.3, -0.25) is 4.79 Å². The second kappa shape index (κ2) is 7.02. The highest BCUT2D eigenvalue weighted by molar-refractivity contribution is 6.55. The zero-order chi connectivity index (χ0) is 20.0. The molecule has 3 nitrogen and oxygen atoms in total. The van der Waals surface area contributed by atoms with Gasteiger partial charge in [0.05, 0.1) is 19.3 Å². The highest BCUT2D eigenvalue weighted by atomic mass is 35.5. The average Bonchev–Trinajstić information content (AvgIpc) is 3.04. The van der Waals surface area contributed by atoms with Gasteiger partial charge >= 0.3 is 5.97 Å². The smallest absolute Gasteiger partial charge is 0.317 e. The molecule has 0 radical (unpaired) electrons. The molecule has 2 rings (SSSR count). The molecule has 144 valence electrons. The molecule has 0 heterocycles. The standard InChI is InChI=1S/C17H16Cl2F4O3/c1-16(2)8(5-9(18)19)17(16,15(24)26-4)10-13(22)11(20)7(6-25-3)12(21)14(10)23/h5,8H,6H2,1-4H3/t8-,17-/m1/s1. The van der Waals surface area contributed by atoms with Crippen LogP contribution in [-0.2, 0) is 26.3 Å². The number of methoxy groups -OCH3 is 2. The minimum Gasteiger partial charge on any atom is -0.468 e. The van der Waals surface area contributed by atoms with Crippen LogP contribution in [-0.4, -0.2) is 20.2 Å². The van der Waals surface area contributed by atoms with E-state index in [1.807, 2.05) is 0 Å². The van der Waals surface area contributed by atoms with Crippen molar-refractivity contribution < 1.29 is 31.8 Å². The van der Waals surface area contributed by atoms with E-state index in [2.05, 4.69) is 9.47 Å². The molecule has 1 fully saturated rings. The number of ether oxygens (including phenoxy) is 2. The number of hydrogen-bond acceptors (Lipinski definition) is 3. The van der Waals surface area contributed by atoms with Crippen molar-refractivity contribution in [1.82, 2.24) is 0 Å². The van der Waals surface area contributed by atoms with Gasteiger partial charge < -0.3 is 9.47 Å². The molecular formula is C17H16Cl2F4O3. The zero-order valence-corrected chi connectivity index (χ0v) is 15.9. The van der Waals surface area contributed by atoms with E-state index in [1.165, 1.54) is 19.9 Å². The minimum atomic E-state index is -2.03. The first kappa shape index (κ1) is 21.0. The fourth-order valence-electron chi connectivity index (χ4n) is 3.69. The number of esters is 1. The van der Waals surface area contributed by atoms with Crippen molar-refractivity contribution in [3.63, 3.8) is 0 Å². The quantitative estimate of drug-likeness (QED) is 0.395. The van der Waals surface area contributed by atoms with E-state index in [0.29, 0.717) is 0 Å². The van der Waals surface area contributed by atoms with Crippen LogP contribution < -0.4 is 0 Å². The van der Waals surface area contributed by atoms with Crippen LogP contribution in [0.2, 0.25) is 0 Å². The SMILES string of the molecule is COCc1c(F)c(F)c([C@@]2(C(=O)OC)[C@H](C=C(Cl)Cl)C2(C)C)c(F)c1F. The third kappa shape index (κ3) is 2.72. The second-order valence-corrected chi connectivity index (χ2v) is 7.51. The Kier molecular flexibility index (Phi) is 5.67. The Labute approximate surface area is 157 Å². The molecule has 0 unspecified atom stereocenters. The third-order valence-corrected chi connectivity index (χ3v) is 5.27. The molecule has 1 aliphatic rings. The molecule has 0 bridgehead atoms. The van der Waals surface area contributed by atoms with Gasteiger partial charge in [-0.15, -0.1) is 0 Å². The van der Waals surface area contributed by atoms with Gasteiger partial charge in [0, 0.05) is 18.6 Å². The fraction of sp³-hybridized carbons (Fsp3) is 0.471. The average molecular weight is 415 g/mol. The molecule has 0 spiro atoms. The van der Waals surface area contributed by atoms with Crippen molar-refractivity contribution in [3.05, 3.63) is 45.0 Å². The third-order valence-electron chi connectivity index (χ3n) is 5.01. The zero-order valence-electron chi connectivity index (χ0n) is 14.4. The summed E-state index contributed by atoms with van der Waals surface area (Å²) in [5.41, 5.74) is -5.16. The maximum absolute atomic E-state index is 14.8. The Hall–Kier alpha value is -1.31. The van der Waals surface area contributed by atoms with E-state index in [0.717, 1.165) is 14.2 Å². The molecule has 1 aromatic carbocycles. The van der Waals surface area contributed by atoms with Gasteiger partial charge in [-0.1, -0.05) is 37.0 Å². The number of rotatable bonds is 5. The Morgan fingerprint density at radius 3 is 1.96 bits per heavy atom. The van der Waals surface area contributed by atoms with E-state index < -0.39 is 63.7 Å². The minimum absolute atomic E-state index is 0.258. The number of benzene rings is 1. The Balaban J connectivity index is 2.86. The Morgan fingerprint density at radius 2 is 1.58 bits per heavy atom.